The minimum atomic E-state index is -0.0433. The molecule has 1 heterocycles. The molecule has 8 atom stereocenters. The summed E-state index contributed by atoms with van der Waals surface area (Å²) in [4.78, 5) is 24.9. The third-order valence-corrected chi connectivity index (χ3v) is 8.83. The Morgan fingerprint density at radius 1 is 0.905 bits per heavy atom. The van der Waals surface area contributed by atoms with Crippen LogP contribution >= 0.6 is 0 Å². The molecule has 5 saturated carbocycles. The van der Waals surface area contributed by atoms with Gasteiger partial charge in [-0.2, -0.15) is 0 Å². The van der Waals surface area contributed by atoms with Crippen LogP contribution in [0.2, 0.25) is 0 Å². The Kier molecular flexibility index (Phi) is 1.31. The van der Waals surface area contributed by atoms with Crippen molar-refractivity contribution in [2.24, 2.45) is 40.9 Å². The molecular weight excluding hydrogens is 264 g/mol. The first-order chi connectivity index (χ1) is 10.2. The van der Waals surface area contributed by atoms with Gasteiger partial charge in [-0.3, -0.25) is 9.59 Å². The van der Waals surface area contributed by atoms with Crippen LogP contribution in [0.25, 0.3) is 0 Å². The van der Waals surface area contributed by atoms with Crippen molar-refractivity contribution in [2.45, 2.75) is 43.3 Å². The Morgan fingerprint density at radius 3 is 1.90 bits per heavy atom. The lowest BCUT2D eigenvalue weighted by molar-refractivity contribution is -0.132. The number of allylic oxidation sites excluding steroid dienone is 2. The van der Waals surface area contributed by atoms with Gasteiger partial charge in [0.25, 0.3) is 0 Å². The van der Waals surface area contributed by atoms with Crippen molar-refractivity contribution < 1.29 is 14.3 Å². The number of ketones is 2. The van der Waals surface area contributed by atoms with Crippen molar-refractivity contribution in [3.63, 3.8) is 0 Å². The van der Waals surface area contributed by atoms with Gasteiger partial charge in [0.1, 0.15) is 11.2 Å². The highest BCUT2D eigenvalue weighted by Crippen LogP contribution is 2.93. The fourth-order valence-electron chi connectivity index (χ4n) is 8.55. The predicted molar refractivity (Wildman–Crippen MR) is 72.2 cm³/mol. The second-order valence-electron chi connectivity index (χ2n) is 8.74. The number of epoxide rings is 1. The molecule has 21 heavy (non-hydrogen) atoms. The summed E-state index contributed by atoms with van der Waals surface area (Å²) in [6.07, 6.45) is 9.55. The highest BCUT2D eigenvalue weighted by Gasteiger charge is 2.99. The molecule has 4 bridgehead atoms. The highest BCUT2D eigenvalue weighted by atomic mass is 16.6. The Bertz CT molecular complexity index is 637. The number of hydrogen-bond donors (Lipinski definition) is 0. The molecule has 7 rings (SSSR count). The molecular formula is C18H18O3. The summed E-state index contributed by atoms with van der Waals surface area (Å²) >= 11 is 0. The molecule has 3 nitrogen and oxygen atoms in total. The largest absolute Gasteiger partial charge is 0.361 e. The summed E-state index contributed by atoms with van der Waals surface area (Å²) in [5.41, 5.74) is 0.626. The van der Waals surface area contributed by atoms with E-state index in [4.69, 9.17) is 4.74 Å². The standard InChI is InChI=1S/C18H18O3/c19-10-1-2-11(20)15-9-7-8(14(10)15)17-12-3-4-13(16(12)5-6-16)18(9,17)21-17/h1-2,8-9,12-15H,3-7H2/t8-,9-,12+,13+,14-,15-,17-,18+/m1/s1. The summed E-state index contributed by atoms with van der Waals surface area (Å²) in [6.45, 7) is 0. The molecule has 108 valence electrons. The van der Waals surface area contributed by atoms with Crippen LogP contribution in [-0.2, 0) is 14.3 Å². The smallest absolute Gasteiger partial charge is 0.160 e. The van der Waals surface area contributed by atoms with Gasteiger partial charge in [-0.15, -0.1) is 0 Å². The quantitative estimate of drug-likeness (QED) is 0.638. The van der Waals surface area contributed by atoms with Crippen LogP contribution in [0.3, 0.4) is 0 Å². The molecule has 6 aliphatic carbocycles. The lowest BCUT2D eigenvalue weighted by Gasteiger charge is -2.37. The van der Waals surface area contributed by atoms with E-state index in [1.54, 1.807) is 12.2 Å². The molecule has 1 spiro atoms. The van der Waals surface area contributed by atoms with E-state index in [-0.39, 0.29) is 34.6 Å². The van der Waals surface area contributed by atoms with Crippen LogP contribution in [0.4, 0.5) is 0 Å². The fraction of sp³-hybridized carbons (Fsp3) is 0.778. The minimum absolute atomic E-state index is 0.0272. The average Bonchev–Trinajstić information content (AvgIpc) is 3.25. The molecule has 3 heteroatoms. The molecule has 1 saturated heterocycles. The third-order valence-electron chi connectivity index (χ3n) is 8.83. The Balaban J connectivity index is 1.47. The van der Waals surface area contributed by atoms with Gasteiger partial charge in [0.05, 0.1) is 0 Å². The van der Waals surface area contributed by atoms with Gasteiger partial charge in [0, 0.05) is 23.7 Å². The Hall–Kier alpha value is -0.960. The number of fused-ring (bicyclic) bond motifs is 5. The average molecular weight is 282 g/mol. The van der Waals surface area contributed by atoms with Gasteiger partial charge in [-0.05, 0) is 61.5 Å². The summed E-state index contributed by atoms with van der Waals surface area (Å²) < 4.78 is 6.57. The molecule has 0 N–H and O–H groups in total. The summed E-state index contributed by atoms with van der Waals surface area (Å²) in [5.74, 6) is 2.44. The number of ether oxygens (including phenoxy) is 1. The topological polar surface area (TPSA) is 46.7 Å². The van der Waals surface area contributed by atoms with Gasteiger partial charge < -0.3 is 4.74 Å². The maximum Gasteiger partial charge on any atom is 0.160 e. The van der Waals surface area contributed by atoms with Crippen molar-refractivity contribution in [1.29, 1.82) is 0 Å². The molecule has 0 aromatic carbocycles. The van der Waals surface area contributed by atoms with E-state index in [0.29, 0.717) is 29.1 Å². The van der Waals surface area contributed by atoms with Crippen LogP contribution in [0.15, 0.2) is 12.2 Å². The fourth-order valence-corrected chi connectivity index (χ4v) is 8.55. The maximum absolute atomic E-state index is 12.4. The normalized spacial score (nSPS) is 65.7. The van der Waals surface area contributed by atoms with Crippen molar-refractivity contribution in [3.05, 3.63) is 12.2 Å². The lowest BCUT2D eigenvalue weighted by Crippen LogP contribution is -2.50. The third kappa shape index (κ3) is 0.730. The van der Waals surface area contributed by atoms with E-state index in [1.165, 1.54) is 25.7 Å². The number of carbonyl (C=O) groups excluding carboxylic acids is 2. The molecule has 0 radical (unpaired) electrons. The van der Waals surface area contributed by atoms with Crippen LogP contribution < -0.4 is 0 Å². The number of hydrogen-bond acceptors (Lipinski definition) is 3. The van der Waals surface area contributed by atoms with Crippen molar-refractivity contribution >= 4 is 11.6 Å². The van der Waals surface area contributed by atoms with Crippen molar-refractivity contribution in [1.82, 2.24) is 0 Å². The first-order valence-electron chi connectivity index (χ1n) is 8.63. The van der Waals surface area contributed by atoms with E-state index in [9.17, 15) is 9.59 Å². The van der Waals surface area contributed by atoms with Gasteiger partial charge >= 0.3 is 0 Å². The molecule has 6 fully saturated rings. The summed E-state index contributed by atoms with van der Waals surface area (Å²) in [7, 11) is 0. The van der Waals surface area contributed by atoms with E-state index in [2.05, 4.69) is 0 Å². The first kappa shape index (κ1) is 10.7. The van der Waals surface area contributed by atoms with Crippen LogP contribution in [0.1, 0.15) is 32.1 Å². The molecule has 0 amide bonds. The van der Waals surface area contributed by atoms with Gasteiger partial charge in [-0.25, -0.2) is 0 Å². The zero-order chi connectivity index (χ0) is 13.8. The number of carbonyl (C=O) groups is 2. The SMILES string of the molecule is O=C1C=CC(=O)[C@@H]2[C@@H]1[C@H]1C[C@H]2[C@@]23O[C@@]12[C@H]1CC[C@H]3C12CC2. The van der Waals surface area contributed by atoms with Crippen molar-refractivity contribution in [2.75, 3.05) is 0 Å². The molecule has 0 aromatic rings. The van der Waals surface area contributed by atoms with Gasteiger partial charge in [0.2, 0.25) is 0 Å². The predicted octanol–water partition coefficient (Wildman–Crippen LogP) is 1.90. The summed E-state index contributed by atoms with van der Waals surface area (Å²) in [5, 5.41) is 0. The number of rotatable bonds is 0. The maximum atomic E-state index is 12.4. The first-order valence-corrected chi connectivity index (χ1v) is 8.63. The van der Waals surface area contributed by atoms with Crippen LogP contribution in [-0.4, -0.2) is 22.8 Å². The lowest BCUT2D eigenvalue weighted by atomic mass is 9.60. The molecule has 0 aromatic heterocycles. The van der Waals surface area contributed by atoms with Gasteiger partial charge in [0.15, 0.2) is 11.6 Å². The zero-order valence-corrected chi connectivity index (χ0v) is 11.9. The van der Waals surface area contributed by atoms with Crippen LogP contribution in [0.5, 0.6) is 0 Å². The van der Waals surface area contributed by atoms with E-state index >= 15 is 0 Å². The zero-order valence-electron chi connectivity index (χ0n) is 11.9. The van der Waals surface area contributed by atoms with Gasteiger partial charge in [-0.1, -0.05) is 0 Å². The minimum Gasteiger partial charge on any atom is -0.361 e. The van der Waals surface area contributed by atoms with Crippen LogP contribution in [0, 0.1) is 40.9 Å². The summed E-state index contributed by atoms with van der Waals surface area (Å²) in [6, 6.07) is 0. The second kappa shape index (κ2) is 2.58. The van der Waals surface area contributed by atoms with E-state index in [1.807, 2.05) is 0 Å². The Morgan fingerprint density at radius 2 is 1.43 bits per heavy atom. The van der Waals surface area contributed by atoms with E-state index in [0.717, 1.165) is 6.42 Å². The molecule has 0 unspecified atom stereocenters. The van der Waals surface area contributed by atoms with Crippen molar-refractivity contribution in [3.8, 4) is 0 Å². The monoisotopic (exact) mass is 282 g/mol. The molecule has 7 aliphatic rings. The molecule has 1 aliphatic heterocycles. The highest BCUT2D eigenvalue weighted by molar-refractivity contribution is 6.08. The Labute approximate surface area is 123 Å². The van der Waals surface area contributed by atoms with E-state index < -0.39 is 0 Å². The second-order valence-corrected chi connectivity index (χ2v) is 8.74.